The van der Waals surface area contributed by atoms with Gasteiger partial charge in [-0.1, -0.05) is 12.1 Å². The molecule has 1 rings (SSSR count). The van der Waals surface area contributed by atoms with Crippen molar-refractivity contribution in [2.24, 2.45) is 0 Å². The van der Waals surface area contributed by atoms with Gasteiger partial charge in [0, 0.05) is 13.6 Å². The van der Waals surface area contributed by atoms with Crippen molar-refractivity contribution in [1.29, 1.82) is 0 Å². The lowest BCUT2D eigenvalue weighted by atomic mass is 10.2. The fourth-order valence-corrected chi connectivity index (χ4v) is 2.48. The van der Waals surface area contributed by atoms with E-state index in [-0.39, 0.29) is 18.0 Å². The van der Waals surface area contributed by atoms with Crippen LogP contribution in [0.3, 0.4) is 0 Å². The third-order valence-electron chi connectivity index (χ3n) is 2.11. The van der Waals surface area contributed by atoms with Gasteiger partial charge >= 0.3 is 0 Å². The van der Waals surface area contributed by atoms with E-state index >= 15 is 0 Å². The molecule has 0 aliphatic rings. The zero-order valence-electron chi connectivity index (χ0n) is 8.84. The molecule has 0 aliphatic heterocycles. The normalized spacial score (nSPS) is 12.0. The molecule has 1 aromatic rings. The van der Waals surface area contributed by atoms with E-state index in [1.165, 1.54) is 7.05 Å². The summed E-state index contributed by atoms with van der Waals surface area (Å²) in [6.07, 6.45) is 0. The SMILES string of the molecule is Cc1cccc(S(=O)(=O)N(C)CCO)c1. The molecule has 0 bridgehead atoms. The van der Waals surface area contributed by atoms with E-state index in [2.05, 4.69) is 0 Å². The molecule has 0 radical (unpaired) electrons. The van der Waals surface area contributed by atoms with Gasteiger partial charge in [-0.25, -0.2) is 8.42 Å². The van der Waals surface area contributed by atoms with E-state index in [1.807, 2.05) is 13.0 Å². The number of hydrogen-bond acceptors (Lipinski definition) is 3. The second-order valence-corrected chi connectivity index (χ2v) is 5.41. The second kappa shape index (κ2) is 4.74. The second-order valence-electron chi connectivity index (χ2n) is 3.37. The Balaban J connectivity index is 3.06. The lowest BCUT2D eigenvalue weighted by Gasteiger charge is -2.15. The molecule has 0 aliphatic carbocycles. The van der Waals surface area contributed by atoms with E-state index in [9.17, 15) is 8.42 Å². The molecule has 0 unspecified atom stereocenters. The monoisotopic (exact) mass is 229 g/mol. The summed E-state index contributed by atoms with van der Waals surface area (Å²) in [6, 6.07) is 6.71. The zero-order valence-corrected chi connectivity index (χ0v) is 9.66. The van der Waals surface area contributed by atoms with Crippen molar-refractivity contribution in [3.8, 4) is 0 Å². The van der Waals surface area contributed by atoms with Crippen LogP contribution in [0.1, 0.15) is 5.56 Å². The number of rotatable bonds is 4. The molecule has 0 fully saturated rings. The molecule has 0 aromatic heterocycles. The number of hydrogen-bond donors (Lipinski definition) is 1. The number of aliphatic hydroxyl groups is 1. The fourth-order valence-electron chi connectivity index (χ4n) is 1.22. The molecule has 0 amide bonds. The minimum atomic E-state index is -3.45. The summed E-state index contributed by atoms with van der Waals surface area (Å²) in [5, 5.41) is 8.70. The van der Waals surface area contributed by atoms with E-state index in [0.717, 1.165) is 9.87 Å². The third kappa shape index (κ3) is 2.77. The molecule has 15 heavy (non-hydrogen) atoms. The summed E-state index contributed by atoms with van der Waals surface area (Å²) < 4.78 is 24.9. The summed E-state index contributed by atoms with van der Waals surface area (Å²) >= 11 is 0. The van der Waals surface area contributed by atoms with Crippen LogP contribution in [0.25, 0.3) is 0 Å². The highest BCUT2D eigenvalue weighted by atomic mass is 32.2. The van der Waals surface area contributed by atoms with Crippen LogP contribution in [0.5, 0.6) is 0 Å². The van der Waals surface area contributed by atoms with Crippen LogP contribution < -0.4 is 0 Å². The van der Waals surface area contributed by atoms with Crippen molar-refractivity contribution in [3.05, 3.63) is 29.8 Å². The predicted octanol–water partition coefficient (Wildman–Crippen LogP) is 0.608. The molecule has 0 spiro atoms. The summed E-state index contributed by atoms with van der Waals surface area (Å²) in [4.78, 5) is 0.262. The van der Waals surface area contributed by atoms with Gasteiger partial charge in [-0.05, 0) is 24.6 Å². The molecule has 0 atom stereocenters. The molecule has 1 aromatic carbocycles. The van der Waals surface area contributed by atoms with Gasteiger partial charge in [0.1, 0.15) is 0 Å². The Morgan fingerprint density at radius 2 is 2.07 bits per heavy atom. The van der Waals surface area contributed by atoms with Crippen LogP contribution in [-0.2, 0) is 10.0 Å². The lowest BCUT2D eigenvalue weighted by molar-refractivity contribution is 0.266. The smallest absolute Gasteiger partial charge is 0.242 e. The minimum Gasteiger partial charge on any atom is -0.395 e. The quantitative estimate of drug-likeness (QED) is 0.823. The van der Waals surface area contributed by atoms with Crippen molar-refractivity contribution >= 4 is 10.0 Å². The van der Waals surface area contributed by atoms with Gasteiger partial charge in [0.05, 0.1) is 11.5 Å². The van der Waals surface area contributed by atoms with Gasteiger partial charge in [0.2, 0.25) is 10.0 Å². The largest absolute Gasteiger partial charge is 0.395 e. The predicted molar refractivity (Wildman–Crippen MR) is 58.1 cm³/mol. The highest BCUT2D eigenvalue weighted by Gasteiger charge is 2.19. The van der Waals surface area contributed by atoms with Gasteiger partial charge in [0.15, 0.2) is 0 Å². The number of benzene rings is 1. The number of aliphatic hydroxyl groups excluding tert-OH is 1. The summed E-state index contributed by atoms with van der Waals surface area (Å²) in [5.74, 6) is 0. The molecule has 5 heteroatoms. The van der Waals surface area contributed by atoms with Crippen molar-refractivity contribution in [2.45, 2.75) is 11.8 Å². The maximum absolute atomic E-state index is 11.9. The molecule has 1 N–H and O–H groups in total. The van der Waals surface area contributed by atoms with Crippen molar-refractivity contribution in [3.63, 3.8) is 0 Å². The first-order valence-electron chi connectivity index (χ1n) is 4.62. The van der Waals surface area contributed by atoms with Crippen LogP contribution >= 0.6 is 0 Å². The summed E-state index contributed by atoms with van der Waals surface area (Å²) in [6.45, 7) is 1.77. The zero-order chi connectivity index (χ0) is 11.5. The standard InChI is InChI=1S/C10H15NO3S/c1-9-4-3-5-10(8-9)15(13,14)11(2)6-7-12/h3-5,8,12H,6-7H2,1-2H3. The number of sulfonamides is 1. The Hall–Kier alpha value is -0.910. The summed E-state index contributed by atoms with van der Waals surface area (Å²) in [5.41, 5.74) is 0.897. The fraction of sp³-hybridized carbons (Fsp3) is 0.400. The van der Waals surface area contributed by atoms with Gasteiger partial charge in [-0.15, -0.1) is 0 Å². The van der Waals surface area contributed by atoms with Crippen LogP contribution in [0.4, 0.5) is 0 Å². The van der Waals surface area contributed by atoms with E-state index < -0.39 is 10.0 Å². The van der Waals surface area contributed by atoms with Crippen LogP contribution in [0, 0.1) is 6.92 Å². The maximum Gasteiger partial charge on any atom is 0.242 e. The average Bonchev–Trinajstić information content (AvgIpc) is 2.18. The topological polar surface area (TPSA) is 57.6 Å². The minimum absolute atomic E-state index is 0.107. The van der Waals surface area contributed by atoms with Gasteiger partial charge in [-0.2, -0.15) is 4.31 Å². The maximum atomic E-state index is 11.9. The first-order valence-corrected chi connectivity index (χ1v) is 6.06. The number of nitrogens with zero attached hydrogens (tertiary/aromatic N) is 1. The highest BCUT2D eigenvalue weighted by Crippen LogP contribution is 2.14. The average molecular weight is 229 g/mol. The molecular formula is C10H15NO3S. The molecular weight excluding hydrogens is 214 g/mol. The highest BCUT2D eigenvalue weighted by molar-refractivity contribution is 7.89. The third-order valence-corrected chi connectivity index (χ3v) is 3.97. The summed E-state index contributed by atoms with van der Waals surface area (Å²) in [7, 11) is -2.00. The Morgan fingerprint density at radius 3 is 2.60 bits per heavy atom. The van der Waals surface area contributed by atoms with Crippen LogP contribution in [0.2, 0.25) is 0 Å². The van der Waals surface area contributed by atoms with Crippen molar-refractivity contribution in [2.75, 3.05) is 20.2 Å². The lowest BCUT2D eigenvalue weighted by Crippen LogP contribution is -2.29. The van der Waals surface area contributed by atoms with E-state index in [1.54, 1.807) is 18.2 Å². The van der Waals surface area contributed by atoms with Crippen LogP contribution in [-0.4, -0.2) is 38.0 Å². The van der Waals surface area contributed by atoms with E-state index in [0.29, 0.717) is 0 Å². The molecule has 4 nitrogen and oxygen atoms in total. The first-order chi connectivity index (χ1) is 6.98. The van der Waals surface area contributed by atoms with E-state index in [4.69, 9.17) is 5.11 Å². The Labute approximate surface area is 90.2 Å². The van der Waals surface area contributed by atoms with Crippen LogP contribution in [0.15, 0.2) is 29.2 Å². The molecule has 0 saturated carbocycles. The van der Waals surface area contributed by atoms with Crippen molar-refractivity contribution < 1.29 is 13.5 Å². The Morgan fingerprint density at radius 1 is 1.40 bits per heavy atom. The Kier molecular flexibility index (Phi) is 3.84. The molecule has 0 saturated heterocycles. The number of likely N-dealkylation sites (N-methyl/N-ethyl adjacent to an activating group) is 1. The molecule has 84 valence electrons. The molecule has 0 heterocycles. The van der Waals surface area contributed by atoms with Gasteiger partial charge in [0.25, 0.3) is 0 Å². The van der Waals surface area contributed by atoms with Gasteiger partial charge < -0.3 is 5.11 Å². The van der Waals surface area contributed by atoms with Gasteiger partial charge in [-0.3, -0.25) is 0 Å². The first kappa shape index (κ1) is 12.2. The number of aryl methyl sites for hydroxylation is 1. The van der Waals surface area contributed by atoms with Crippen molar-refractivity contribution in [1.82, 2.24) is 4.31 Å². The Bertz CT molecular complexity index is 428.